The van der Waals surface area contributed by atoms with E-state index in [1.54, 1.807) is 43.6 Å². The third kappa shape index (κ3) is 4.83. The number of nitrogens with zero attached hydrogens (tertiary/aromatic N) is 4. The maximum atomic E-state index is 11.5. The number of benzene rings is 2. The van der Waals surface area contributed by atoms with Crippen molar-refractivity contribution in [3.63, 3.8) is 0 Å². The summed E-state index contributed by atoms with van der Waals surface area (Å²) in [5.74, 6) is 1.72. The molecule has 8 heteroatoms. The quantitative estimate of drug-likeness (QED) is 0.333. The second kappa shape index (κ2) is 9.76. The smallest absolute Gasteiger partial charge is 0.219 e. The minimum absolute atomic E-state index is 0.0458. The Balaban J connectivity index is 1.41. The average Bonchev–Trinajstić information content (AvgIpc) is 3.65. The first kappa shape index (κ1) is 22.9. The van der Waals surface area contributed by atoms with E-state index < -0.39 is 0 Å². The Morgan fingerprint density at radius 3 is 2.54 bits per heavy atom. The number of rotatable bonds is 7. The summed E-state index contributed by atoms with van der Waals surface area (Å²) in [6, 6.07) is 19.9. The average molecular weight is 487 g/mol. The molecule has 0 N–H and O–H groups in total. The van der Waals surface area contributed by atoms with Gasteiger partial charge in [-0.2, -0.15) is 5.10 Å². The highest BCUT2D eigenvalue weighted by Gasteiger charge is 2.33. The molecule has 3 heterocycles. The highest BCUT2D eigenvalue weighted by Crippen LogP contribution is 2.39. The molecule has 0 aliphatic carbocycles. The molecule has 1 atom stereocenters. The van der Waals surface area contributed by atoms with Crippen LogP contribution in [0.25, 0.3) is 11.3 Å². The van der Waals surface area contributed by atoms with Gasteiger partial charge < -0.3 is 14.1 Å². The molecule has 1 amide bonds. The largest absolute Gasteiger partial charge is 0.497 e. The number of hydrogen-bond acceptors (Lipinski definition) is 7. The second-order valence-electron chi connectivity index (χ2n) is 8.44. The van der Waals surface area contributed by atoms with Gasteiger partial charge in [0, 0.05) is 37.9 Å². The van der Waals surface area contributed by atoms with Crippen LogP contribution >= 0.6 is 11.3 Å². The predicted octanol–water partition coefficient (Wildman–Crippen LogP) is 5.75. The van der Waals surface area contributed by atoms with Crippen molar-refractivity contribution in [2.24, 2.45) is 5.10 Å². The molecule has 2 aromatic heterocycles. The predicted molar refractivity (Wildman–Crippen MR) is 138 cm³/mol. The normalized spacial score (nSPS) is 15.2. The topological polar surface area (TPSA) is 71.2 Å². The summed E-state index contributed by atoms with van der Waals surface area (Å²) in [6.45, 7) is 2.15. The standard InChI is InChI=1S/C27H26N4O3S/c1-18(32)30(2)16-19-6-8-21(9-7-19)24-17-35-27(28-24)31-25(26-5-4-14-34-26)15-23(29-31)20-10-12-22(33-3)13-11-20/h4-14,17,25H,15-16H2,1-3H3/t25-/m1/s1. The number of ether oxygens (including phenoxy) is 1. The monoisotopic (exact) mass is 486 g/mol. The van der Waals surface area contributed by atoms with E-state index in [2.05, 4.69) is 0 Å². The van der Waals surface area contributed by atoms with Crippen molar-refractivity contribution in [2.75, 3.05) is 19.2 Å². The number of carbonyl (C=O) groups excluding carboxylic acids is 1. The van der Waals surface area contributed by atoms with E-state index in [1.807, 2.05) is 71.1 Å². The number of carbonyl (C=O) groups is 1. The van der Waals surface area contributed by atoms with Crippen molar-refractivity contribution in [1.29, 1.82) is 0 Å². The summed E-state index contributed by atoms with van der Waals surface area (Å²) in [5.41, 5.74) is 5.02. The molecule has 1 aliphatic heterocycles. The molecule has 5 rings (SSSR count). The fourth-order valence-electron chi connectivity index (χ4n) is 4.02. The molecular formula is C27H26N4O3S. The maximum Gasteiger partial charge on any atom is 0.219 e. The lowest BCUT2D eigenvalue weighted by Gasteiger charge is -2.18. The molecule has 1 aliphatic rings. The SMILES string of the molecule is COc1ccc(C2=NN(c3nc(-c4ccc(CN(C)C(C)=O)cc4)cs3)[C@@H](c3ccco3)C2)cc1. The first-order valence-electron chi connectivity index (χ1n) is 11.3. The van der Waals surface area contributed by atoms with E-state index in [-0.39, 0.29) is 11.9 Å². The van der Waals surface area contributed by atoms with Crippen LogP contribution in [0.5, 0.6) is 5.75 Å². The van der Waals surface area contributed by atoms with Crippen LogP contribution in [0.4, 0.5) is 5.13 Å². The van der Waals surface area contributed by atoms with Crippen molar-refractivity contribution in [3.05, 3.63) is 89.2 Å². The minimum Gasteiger partial charge on any atom is -0.497 e. The highest BCUT2D eigenvalue weighted by molar-refractivity contribution is 7.14. The molecular weight excluding hydrogens is 460 g/mol. The summed E-state index contributed by atoms with van der Waals surface area (Å²) in [6.07, 6.45) is 2.41. The first-order valence-corrected chi connectivity index (χ1v) is 12.2. The summed E-state index contributed by atoms with van der Waals surface area (Å²) in [5, 5.41) is 9.77. The third-order valence-corrected chi connectivity index (χ3v) is 6.93. The molecule has 35 heavy (non-hydrogen) atoms. The van der Waals surface area contributed by atoms with Crippen LogP contribution in [0, 0.1) is 0 Å². The molecule has 7 nitrogen and oxygen atoms in total. The van der Waals surface area contributed by atoms with Gasteiger partial charge in [0.1, 0.15) is 17.6 Å². The number of hydrogen-bond donors (Lipinski definition) is 0. The van der Waals surface area contributed by atoms with E-state index in [4.69, 9.17) is 19.2 Å². The van der Waals surface area contributed by atoms with Crippen LogP contribution in [-0.2, 0) is 11.3 Å². The number of furan rings is 1. The summed E-state index contributed by atoms with van der Waals surface area (Å²) >= 11 is 1.56. The minimum atomic E-state index is -0.0643. The molecule has 4 aromatic rings. The summed E-state index contributed by atoms with van der Waals surface area (Å²) < 4.78 is 11.0. The van der Waals surface area contributed by atoms with Crippen molar-refractivity contribution < 1.29 is 13.9 Å². The molecule has 0 spiro atoms. The molecule has 0 radical (unpaired) electrons. The maximum absolute atomic E-state index is 11.5. The Bertz CT molecular complexity index is 1330. The van der Waals surface area contributed by atoms with Crippen molar-refractivity contribution >= 4 is 28.1 Å². The number of methoxy groups -OCH3 is 1. The van der Waals surface area contributed by atoms with Crippen LogP contribution in [-0.4, -0.2) is 35.7 Å². The fraction of sp³-hybridized carbons (Fsp3) is 0.222. The zero-order valence-electron chi connectivity index (χ0n) is 19.8. The highest BCUT2D eigenvalue weighted by atomic mass is 32.1. The van der Waals surface area contributed by atoms with Crippen molar-refractivity contribution in [2.45, 2.75) is 25.9 Å². The van der Waals surface area contributed by atoms with Gasteiger partial charge >= 0.3 is 0 Å². The Hall–Kier alpha value is -3.91. The van der Waals surface area contributed by atoms with Crippen LogP contribution in [0.3, 0.4) is 0 Å². The van der Waals surface area contributed by atoms with Gasteiger partial charge in [0.2, 0.25) is 11.0 Å². The molecule has 0 unspecified atom stereocenters. The zero-order valence-corrected chi connectivity index (χ0v) is 20.7. The van der Waals surface area contributed by atoms with Crippen molar-refractivity contribution in [1.82, 2.24) is 9.88 Å². The molecule has 0 bridgehead atoms. The third-order valence-electron chi connectivity index (χ3n) is 6.10. The molecule has 178 valence electrons. The van der Waals surface area contributed by atoms with Crippen LogP contribution in [0.2, 0.25) is 0 Å². The van der Waals surface area contributed by atoms with E-state index >= 15 is 0 Å². The molecule has 0 fully saturated rings. The van der Waals surface area contributed by atoms with Crippen LogP contribution < -0.4 is 9.75 Å². The zero-order chi connectivity index (χ0) is 24.4. The van der Waals surface area contributed by atoms with Crippen LogP contribution in [0.1, 0.15) is 36.3 Å². The van der Waals surface area contributed by atoms with Gasteiger partial charge in [-0.25, -0.2) is 9.99 Å². The van der Waals surface area contributed by atoms with Gasteiger partial charge in [-0.05, 0) is 47.5 Å². The second-order valence-corrected chi connectivity index (χ2v) is 9.28. The fourth-order valence-corrected chi connectivity index (χ4v) is 4.85. The number of hydrazone groups is 1. The van der Waals surface area contributed by atoms with Gasteiger partial charge in [-0.15, -0.1) is 11.3 Å². The lowest BCUT2D eigenvalue weighted by molar-refractivity contribution is -0.128. The number of aromatic nitrogens is 1. The van der Waals surface area contributed by atoms with Gasteiger partial charge in [0.05, 0.1) is 24.8 Å². The van der Waals surface area contributed by atoms with Crippen LogP contribution in [0.15, 0.2) is 81.8 Å². The molecule has 0 saturated carbocycles. The number of thiazole rings is 1. The number of anilines is 1. The summed E-state index contributed by atoms with van der Waals surface area (Å²) in [4.78, 5) is 18.1. The van der Waals surface area contributed by atoms with Gasteiger partial charge in [0.25, 0.3) is 0 Å². The van der Waals surface area contributed by atoms with Gasteiger partial charge in [0.15, 0.2) is 0 Å². The van der Waals surface area contributed by atoms with E-state index in [9.17, 15) is 4.79 Å². The lowest BCUT2D eigenvalue weighted by atomic mass is 10.0. The number of amides is 1. The Labute approximate surface area is 208 Å². The Kier molecular flexibility index (Phi) is 6.37. The van der Waals surface area contributed by atoms with E-state index in [0.717, 1.165) is 44.7 Å². The molecule has 2 aromatic carbocycles. The molecule has 0 saturated heterocycles. The van der Waals surface area contributed by atoms with E-state index in [0.29, 0.717) is 13.0 Å². The Morgan fingerprint density at radius 1 is 1.14 bits per heavy atom. The van der Waals surface area contributed by atoms with Gasteiger partial charge in [-0.1, -0.05) is 24.3 Å². The van der Waals surface area contributed by atoms with E-state index in [1.165, 1.54) is 0 Å². The lowest BCUT2D eigenvalue weighted by Crippen LogP contribution is -2.22. The van der Waals surface area contributed by atoms with Gasteiger partial charge in [-0.3, -0.25) is 4.79 Å². The summed E-state index contributed by atoms with van der Waals surface area (Å²) in [7, 11) is 3.46. The first-order chi connectivity index (χ1) is 17.0. The Morgan fingerprint density at radius 2 is 1.89 bits per heavy atom. The van der Waals surface area contributed by atoms with Crippen molar-refractivity contribution in [3.8, 4) is 17.0 Å².